The van der Waals surface area contributed by atoms with Gasteiger partial charge in [-0.05, 0) is 38.3 Å². The lowest BCUT2D eigenvalue weighted by atomic mass is 10.1. The van der Waals surface area contributed by atoms with Crippen molar-refractivity contribution in [1.29, 1.82) is 0 Å². The van der Waals surface area contributed by atoms with Gasteiger partial charge in [-0.1, -0.05) is 24.6 Å². The van der Waals surface area contributed by atoms with E-state index in [1.54, 1.807) is 6.92 Å². The van der Waals surface area contributed by atoms with Gasteiger partial charge in [0.25, 0.3) is 10.1 Å². The average molecular weight is 272 g/mol. The van der Waals surface area contributed by atoms with Gasteiger partial charge in [-0.3, -0.25) is 4.55 Å². The fourth-order valence-electron chi connectivity index (χ4n) is 1.53. The van der Waals surface area contributed by atoms with Gasteiger partial charge in [0, 0.05) is 0 Å². The van der Waals surface area contributed by atoms with E-state index in [2.05, 4.69) is 0 Å². The minimum atomic E-state index is -3.96. The summed E-state index contributed by atoms with van der Waals surface area (Å²) in [6, 6.07) is 7.68. The Balaban J connectivity index is 2.40. The van der Waals surface area contributed by atoms with Crippen LogP contribution in [0.1, 0.15) is 25.8 Å². The summed E-state index contributed by atoms with van der Waals surface area (Å²) in [5, 5.41) is -0.765. The van der Waals surface area contributed by atoms with E-state index in [4.69, 9.17) is 9.29 Å². The molecule has 1 aromatic rings. The number of benzene rings is 1. The molecule has 1 aromatic carbocycles. The molecule has 0 bridgehead atoms. The molecule has 0 amide bonds. The molecule has 0 fully saturated rings. The van der Waals surface area contributed by atoms with Crippen molar-refractivity contribution in [3.63, 3.8) is 0 Å². The van der Waals surface area contributed by atoms with E-state index in [9.17, 15) is 8.42 Å². The van der Waals surface area contributed by atoms with Crippen LogP contribution in [0.4, 0.5) is 0 Å². The summed E-state index contributed by atoms with van der Waals surface area (Å²) >= 11 is 0. The van der Waals surface area contributed by atoms with Crippen LogP contribution in [0, 0.1) is 12.8 Å². The predicted molar refractivity (Wildman–Crippen MR) is 71.5 cm³/mol. The second-order valence-corrected chi connectivity index (χ2v) is 6.42. The van der Waals surface area contributed by atoms with Crippen molar-refractivity contribution in [3.05, 3.63) is 29.8 Å². The van der Waals surface area contributed by atoms with E-state index in [0.717, 1.165) is 11.3 Å². The second kappa shape index (κ2) is 6.20. The molecule has 1 N–H and O–H groups in total. The molecule has 2 unspecified atom stereocenters. The van der Waals surface area contributed by atoms with Crippen LogP contribution in [0.25, 0.3) is 0 Å². The molecule has 0 aromatic heterocycles. The van der Waals surface area contributed by atoms with Crippen molar-refractivity contribution < 1.29 is 17.7 Å². The molecule has 5 heteroatoms. The molecule has 0 saturated carbocycles. The summed E-state index contributed by atoms with van der Waals surface area (Å²) < 4.78 is 36.4. The molecule has 0 heterocycles. The van der Waals surface area contributed by atoms with E-state index in [0.29, 0.717) is 13.0 Å². The second-order valence-electron chi connectivity index (χ2n) is 4.65. The van der Waals surface area contributed by atoms with E-state index >= 15 is 0 Å². The largest absolute Gasteiger partial charge is 0.494 e. The molecule has 4 nitrogen and oxygen atoms in total. The fraction of sp³-hybridized carbons (Fsp3) is 0.538. The van der Waals surface area contributed by atoms with Crippen LogP contribution in [-0.2, 0) is 10.1 Å². The number of ether oxygens (including phenoxy) is 1. The first kappa shape index (κ1) is 15.0. The first-order valence-corrected chi connectivity index (χ1v) is 7.47. The third-order valence-electron chi connectivity index (χ3n) is 3.13. The Labute approximate surface area is 109 Å². The van der Waals surface area contributed by atoms with Gasteiger partial charge < -0.3 is 4.74 Å². The molecule has 102 valence electrons. The lowest BCUT2D eigenvalue weighted by Gasteiger charge is -2.17. The van der Waals surface area contributed by atoms with Crippen molar-refractivity contribution in [2.45, 2.75) is 32.4 Å². The molecule has 18 heavy (non-hydrogen) atoms. The fourth-order valence-corrected chi connectivity index (χ4v) is 2.25. The zero-order valence-electron chi connectivity index (χ0n) is 11.0. The minimum Gasteiger partial charge on any atom is -0.494 e. The first-order valence-electron chi connectivity index (χ1n) is 5.96. The van der Waals surface area contributed by atoms with Gasteiger partial charge in [0.1, 0.15) is 5.75 Å². The molecular weight excluding hydrogens is 252 g/mol. The van der Waals surface area contributed by atoms with Gasteiger partial charge in [-0.2, -0.15) is 8.42 Å². The Kier molecular flexibility index (Phi) is 5.16. The molecule has 2 atom stereocenters. The van der Waals surface area contributed by atoms with Gasteiger partial charge >= 0.3 is 0 Å². The molecule has 0 saturated heterocycles. The average Bonchev–Trinajstić information content (AvgIpc) is 2.29. The molecule has 0 spiro atoms. The smallest absolute Gasteiger partial charge is 0.267 e. The number of hydrogen-bond donors (Lipinski definition) is 1. The first-order chi connectivity index (χ1) is 8.30. The summed E-state index contributed by atoms with van der Waals surface area (Å²) in [5.41, 5.74) is 1.16. The lowest BCUT2D eigenvalue weighted by molar-refractivity contribution is 0.280. The Morgan fingerprint density at radius 2 is 1.78 bits per heavy atom. The van der Waals surface area contributed by atoms with Crippen molar-refractivity contribution >= 4 is 10.1 Å². The highest BCUT2D eigenvalue weighted by Crippen LogP contribution is 2.17. The Hall–Kier alpha value is -1.07. The zero-order valence-corrected chi connectivity index (χ0v) is 11.8. The molecule has 0 aliphatic rings. The SMILES string of the molecule is Cc1ccc(OCCC(C)C(C)S(=O)(=O)O)cc1. The Bertz CT molecular complexity index is 464. The predicted octanol–water partition coefficient (Wildman–Crippen LogP) is 2.68. The molecule has 0 aliphatic heterocycles. The quantitative estimate of drug-likeness (QED) is 0.809. The molecule has 0 radical (unpaired) electrons. The Morgan fingerprint density at radius 1 is 1.22 bits per heavy atom. The van der Waals surface area contributed by atoms with Crippen LogP contribution in [-0.4, -0.2) is 24.8 Å². The highest BCUT2D eigenvalue weighted by Gasteiger charge is 2.23. The topological polar surface area (TPSA) is 63.6 Å². The summed E-state index contributed by atoms with van der Waals surface area (Å²) in [7, 11) is -3.96. The van der Waals surface area contributed by atoms with Crippen LogP contribution in [0.15, 0.2) is 24.3 Å². The minimum absolute atomic E-state index is 0.148. The molecular formula is C13H20O4S. The van der Waals surface area contributed by atoms with Crippen molar-refractivity contribution in [2.24, 2.45) is 5.92 Å². The maximum Gasteiger partial charge on any atom is 0.267 e. The van der Waals surface area contributed by atoms with Gasteiger partial charge in [0.2, 0.25) is 0 Å². The van der Waals surface area contributed by atoms with Gasteiger partial charge in [-0.15, -0.1) is 0 Å². The van der Waals surface area contributed by atoms with E-state index in [1.807, 2.05) is 31.2 Å². The van der Waals surface area contributed by atoms with E-state index in [1.165, 1.54) is 6.92 Å². The van der Waals surface area contributed by atoms with Gasteiger partial charge in [0.15, 0.2) is 0 Å². The molecule has 0 aliphatic carbocycles. The summed E-state index contributed by atoms with van der Waals surface area (Å²) in [6.45, 7) is 5.73. The number of hydrogen-bond acceptors (Lipinski definition) is 3. The lowest BCUT2D eigenvalue weighted by Crippen LogP contribution is -2.25. The number of rotatable bonds is 6. The van der Waals surface area contributed by atoms with Crippen LogP contribution >= 0.6 is 0 Å². The zero-order chi connectivity index (χ0) is 13.8. The van der Waals surface area contributed by atoms with Gasteiger partial charge in [0.05, 0.1) is 11.9 Å². The van der Waals surface area contributed by atoms with E-state index in [-0.39, 0.29) is 5.92 Å². The maximum atomic E-state index is 11.0. The van der Waals surface area contributed by atoms with Crippen LogP contribution in [0.5, 0.6) is 5.75 Å². The van der Waals surface area contributed by atoms with Crippen LogP contribution < -0.4 is 4.74 Å². The summed E-state index contributed by atoms with van der Waals surface area (Å²) in [5.74, 6) is 0.623. The van der Waals surface area contributed by atoms with E-state index < -0.39 is 15.4 Å². The number of aryl methyl sites for hydroxylation is 1. The summed E-state index contributed by atoms with van der Waals surface area (Å²) in [6.07, 6.45) is 0.578. The maximum absolute atomic E-state index is 11.0. The van der Waals surface area contributed by atoms with Crippen molar-refractivity contribution in [3.8, 4) is 5.75 Å². The van der Waals surface area contributed by atoms with Crippen molar-refractivity contribution in [1.82, 2.24) is 0 Å². The van der Waals surface area contributed by atoms with Crippen molar-refractivity contribution in [2.75, 3.05) is 6.61 Å². The van der Waals surface area contributed by atoms with Gasteiger partial charge in [-0.25, -0.2) is 0 Å². The van der Waals surface area contributed by atoms with Crippen LogP contribution in [0.3, 0.4) is 0 Å². The molecule has 1 rings (SSSR count). The monoisotopic (exact) mass is 272 g/mol. The standard InChI is InChI=1S/C13H20O4S/c1-10-4-6-13(7-5-10)17-9-8-11(2)12(3)18(14,15)16/h4-7,11-12H,8-9H2,1-3H3,(H,14,15,16). The normalized spacial score (nSPS) is 15.1. The third-order valence-corrected chi connectivity index (χ3v) is 4.54. The Morgan fingerprint density at radius 3 is 2.28 bits per heavy atom. The van der Waals surface area contributed by atoms with Crippen LogP contribution in [0.2, 0.25) is 0 Å². The third kappa shape index (κ3) is 4.66. The highest BCUT2D eigenvalue weighted by atomic mass is 32.2. The highest BCUT2D eigenvalue weighted by molar-refractivity contribution is 7.86. The summed E-state index contributed by atoms with van der Waals surface area (Å²) in [4.78, 5) is 0.